The molecule has 0 unspecified atom stereocenters. The Hall–Kier alpha value is -1.51. The summed E-state index contributed by atoms with van der Waals surface area (Å²) in [5.74, 6) is -1.42. The molecule has 15 heavy (non-hydrogen) atoms. The van der Waals surface area contributed by atoms with Crippen molar-refractivity contribution in [2.45, 2.75) is 20.3 Å². The third-order valence-corrected chi connectivity index (χ3v) is 2.08. The zero-order chi connectivity index (χ0) is 11.4. The minimum Gasteiger partial charge on any atom is -0.291 e. The third kappa shape index (κ3) is 3.27. The molecular weight excluding hydrogens is 195 g/mol. The van der Waals surface area contributed by atoms with Gasteiger partial charge in [-0.1, -0.05) is 26.0 Å². The molecule has 0 saturated carbocycles. The first-order chi connectivity index (χ1) is 7.00. The Bertz CT molecular complexity index is 366. The molecule has 3 heteroatoms. The van der Waals surface area contributed by atoms with Crippen molar-refractivity contribution in [1.29, 1.82) is 0 Å². The number of carbonyl (C=O) groups excluding carboxylic acids is 2. The molecule has 1 aromatic rings. The SMILES string of the molecule is CC(C)C(=O)C(=O)Cc1ccc(F)cc1. The summed E-state index contributed by atoms with van der Waals surface area (Å²) in [7, 11) is 0. The molecule has 2 nitrogen and oxygen atoms in total. The smallest absolute Gasteiger partial charge is 0.203 e. The van der Waals surface area contributed by atoms with Gasteiger partial charge < -0.3 is 0 Å². The van der Waals surface area contributed by atoms with Crippen molar-refractivity contribution in [2.24, 2.45) is 5.92 Å². The average Bonchev–Trinajstić information content (AvgIpc) is 2.20. The maximum absolute atomic E-state index is 12.6. The van der Waals surface area contributed by atoms with Gasteiger partial charge in [-0.15, -0.1) is 0 Å². The quantitative estimate of drug-likeness (QED) is 0.710. The normalized spacial score (nSPS) is 10.4. The molecule has 0 atom stereocenters. The third-order valence-electron chi connectivity index (χ3n) is 2.08. The van der Waals surface area contributed by atoms with E-state index in [1.165, 1.54) is 24.3 Å². The molecular formula is C12H13FO2. The van der Waals surface area contributed by atoms with E-state index in [9.17, 15) is 14.0 Å². The van der Waals surface area contributed by atoms with Crippen LogP contribution in [0.25, 0.3) is 0 Å². The number of rotatable bonds is 4. The molecule has 0 aromatic heterocycles. The van der Waals surface area contributed by atoms with Crippen LogP contribution in [0.15, 0.2) is 24.3 Å². The first-order valence-electron chi connectivity index (χ1n) is 4.82. The maximum Gasteiger partial charge on any atom is 0.203 e. The Kier molecular flexibility index (Phi) is 3.72. The topological polar surface area (TPSA) is 34.1 Å². The zero-order valence-electron chi connectivity index (χ0n) is 8.79. The van der Waals surface area contributed by atoms with E-state index in [2.05, 4.69) is 0 Å². The first kappa shape index (κ1) is 11.6. The lowest BCUT2D eigenvalue weighted by atomic mass is 10.00. The average molecular weight is 208 g/mol. The van der Waals surface area contributed by atoms with E-state index in [0.717, 1.165) is 0 Å². The van der Waals surface area contributed by atoms with Crippen LogP contribution in [-0.2, 0) is 16.0 Å². The van der Waals surface area contributed by atoms with Crippen LogP contribution < -0.4 is 0 Å². The number of carbonyl (C=O) groups is 2. The van der Waals surface area contributed by atoms with Gasteiger partial charge in [-0.3, -0.25) is 9.59 Å². The molecule has 1 rings (SSSR count). The van der Waals surface area contributed by atoms with Gasteiger partial charge in [-0.05, 0) is 17.7 Å². The highest BCUT2D eigenvalue weighted by atomic mass is 19.1. The Morgan fingerprint density at radius 1 is 1.20 bits per heavy atom. The number of hydrogen-bond acceptors (Lipinski definition) is 2. The molecule has 0 spiro atoms. The van der Waals surface area contributed by atoms with Crippen molar-refractivity contribution in [2.75, 3.05) is 0 Å². The Balaban J connectivity index is 2.67. The molecule has 0 heterocycles. The fourth-order valence-electron chi connectivity index (χ4n) is 1.20. The van der Waals surface area contributed by atoms with Gasteiger partial charge >= 0.3 is 0 Å². The number of halogens is 1. The highest BCUT2D eigenvalue weighted by Gasteiger charge is 2.17. The second kappa shape index (κ2) is 4.82. The minimum atomic E-state index is -0.420. The highest BCUT2D eigenvalue weighted by Crippen LogP contribution is 2.06. The second-order valence-electron chi connectivity index (χ2n) is 3.75. The molecule has 0 aliphatic rings. The fourth-order valence-corrected chi connectivity index (χ4v) is 1.20. The van der Waals surface area contributed by atoms with Crippen molar-refractivity contribution in [3.05, 3.63) is 35.6 Å². The van der Waals surface area contributed by atoms with Gasteiger partial charge in [-0.25, -0.2) is 4.39 Å². The molecule has 80 valence electrons. The molecule has 0 N–H and O–H groups in total. The van der Waals surface area contributed by atoms with E-state index in [4.69, 9.17) is 0 Å². The number of hydrogen-bond donors (Lipinski definition) is 0. The maximum atomic E-state index is 12.6. The lowest BCUT2D eigenvalue weighted by molar-refractivity contribution is -0.138. The van der Waals surface area contributed by atoms with Gasteiger partial charge in [0.05, 0.1) is 0 Å². The van der Waals surface area contributed by atoms with Crippen LogP contribution in [0, 0.1) is 11.7 Å². The van der Waals surface area contributed by atoms with Crippen molar-refractivity contribution in [3.63, 3.8) is 0 Å². The fraction of sp³-hybridized carbons (Fsp3) is 0.333. The van der Waals surface area contributed by atoms with E-state index in [-0.39, 0.29) is 23.9 Å². The largest absolute Gasteiger partial charge is 0.291 e. The van der Waals surface area contributed by atoms with E-state index in [0.29, 0.717) is 5.56 Å². The van der Waals surface area contributed by atoms with Gasteiger partial charge in [0.1, 0.15) is 5.82 Å². The molecule has 0 radical (unpaired) electrons. The Morgan fingerprint density at radius 2 is 1.73 bits per heavy atom. The summed E-state index contributed by atoms with van der Waals surface area (Å²) < 4.78 is 12.6. The van der Waals surface area contributed by atoms with Crippen LogP contribution in [-0.4, -0.2) is 11.6 Å². The summed E-state index contributed by atoms with van der Waals surface area (Å²) in [5.41, 5.74) is 0.662. The number of ketones is 2. The predicted octanol–water partition coefficient (Wildman–Crippen LogP) is 2.16. The van der Waals surface area contributed by atoms with E-state index in [1.54, 1.807) is 13.8 Å². The molecule has 0 saturated heterocycles. The number of benzene rings is 1. The molecule has 0 bridgehead atoms. The van der Waals surface area contributed by atoms with Crippen LogP contribution in [0.5, 0.6) is 0 Å². The Morgan fingerprint density at radius 3 is 2.20 bits per heavy atom. The summed E-state index contributed by atoms with van der Waals surface area (Å²) in [6.07, 6.45) is 0.0529. The summed E-state index contributed by atoms with van der Waals surface area (Å²) in [6, 6.07) is 5.59. The Labute approximate surface area is 88.1 Å². The molecule has 0 amide bonds. The summed E-state index contributed by atoms with van der Waals surface area (Å²) >= 11 is 0. The van der Waals surface area contributed by atoms with Crippen LogP contribution in [0.1, 0.15) is 19.4 Å². The van der Waals surface area contributed by atoms with Crippen LogP contribution in [0.2, 0.25) is 0 Å². The van der Waals surface area contributed by atoms with E-state index < -0.39 is 5.78 Å². The van der Waals surface area contributed by atoms with E-state index in [1.807, 2.05) is 0 Å². The standard InChI is InChI=1S/C12H13FO2/c1-8(2)12(15)11(14)7-9-3-5-10(13)6-4-9/h3-6,8H,7H2,1-2H3. The van der Waals surface area contributed by atoms with Gasteiger partial charge in [-0.2, -0.15) is 0 Å². The van der Waals surface area contributed by atoms with Gasteiger partial charge in [0, 0.05) is 12.3 Å². The predicted molar refractivity (Wildman–Crippen MR) is 55.0 cm³/mol. The monoisotopic (exact) mass is 208 g/mol. The summed E-state index contributed by atoms with van der Waals surface area (Å²) in [6.45, 7) is 3.37. The van der Waals surface area contributed by atoms with Gasteiger partial charge in [0.2, 0.25) is 11.6 Å². The van der Waals surface area contributed by atoms with E-state index >= 15 is 0 Å². The lowest BCUT2D eigenvalue weighted by Gasteiger charge is -2.03. The molecule has 1 aromatic carbocycles. The molecule has 0 fully saturated rings. The van der Waals surface area contributed by atoms with Crippen LogP contribution in [0.4, 0.5) is 4.39 Å². The molecule has 0 aliphatic heterocycles. The van der Waals surface area contributed by atoms with Crippen molar-refractivity contribution in [3.8, 4) is 0 Å². The van der Waals surface area contributed by atoms with Crippen molar-refractivity contribution >= 4 is 11.6 Å². The van der Waals surface area contributed by atoms with Gasteiger partial charge in [0.15, 0.2) is 0 Å². The number of Topliss-reactive ketones (excluding diaryl/α,β-unsaturated/α-hetero) is 2. The lowest BCUT2D eigenvalue weighted by Crippen LogP contribution is -2.21. The van der Waals surface area contributed by atoms with Gasteiger partial charge in [0.25, 0.3) is 0 Å². The molecule has 0 aliphatic carbocycles. The van der Waals surface area contributed by atoms with Crippen molar-refractivity contribution < 1.29 is 14.0 Å². The van der Waals surface area contributed by atoms with Crippen LogP contribution >= 0.6 is 0 Å². The zero-order valence-corrected chi connectivity index (χ0v) is 8.79. The van der Waals surface area contributed by atoms with Crippen LogP contribution in [0.3, 0.4) is 0 Å². The first-order valence-corrected chi connectivity index (χ1v) is 4.82. The second-order valence-corrected chi connectivity index (χ2v) is 3.75. The highest BCUT2D eigenvalue weighted by molar-refractivity contribution is 6.38. The van der Waals surface area contributed by atoms with Crippen molar-refractivity contribution in [1.82, 2.24) is 0 Å². The minimum absolute atomic E-state index is 0.0529. The summed E-state index contributed by atoms with van der Waals surface area (Å²) in [5, 5.41) is 0. The summed E-state index contributed by atoms with van der Waals surface area (Å²) in [4.78, 5) is 22.7.